The zero-order valence-electron chi connectivity index (χ0n) is 12.1. The summed E-state index contributed by atoms with van der Waals surface area (Å²) in [6, 6.07) is 4.77. The lowest BCUT2D eigenvalue weighted by atomic mass is 10.2. The topological polar surface area (TPSA) is 90.3 Å². The molecule has 114 valence electrons. The summed E-state index contributed by atoms with van der Waals surface area (Å²) in [5.41, 5.74) is 0.848. The standard InChI is InChI=1S/C15H15N3O4/c1-2-22-15(21)13(19)16-9-5-6-10-11(8-9)17-12-4-3-7-18(12)14(10)20/h5-6,8H,2-4,7H2,1H3,(H,16,19). The lowest BCUT2D eigenvalue weighted by Gasteiger charge is -2.08. The van der Waals surface area contributed by atoms with Crippen molar-refractivity contribution >= 4 is 28.5 Å². The summed E-state index contributed by atoms with van der Waals surface area (Å²) in [6.07, 6.45) is 1.68. The van der Waals surface area contributed by atoms with Gasteiger partial charge in [0, 0.05) is 18.7 Å². The molecule has 7 heteroatoms. The van der Waals surface area contributed by atoms with Gasteiger partial charge in [0.15, 0.2) is 0 Å². The van der Waals surface area contributed by atoms with Crippen LogP contribution in [-0.2, 0) is 27.3 Å². The predicted molar refractivity (Wildman–Crippen MR) is 79.6 cm³/mol. The molecule has 0 saturated heterocycles. The fourth-order valence-electron chi connectivity index (χ4n) is 2.54. The molecule has 1 N–H and O–H groups in total. The number of esters is 1. The van der Waals surface area contributed by atoms with Crippen molar-refractivity contribution in [2.45, 2.75) is 26.3 Å². The Balaban J connectivity index is 1.94. The molecule has 1 aromatic carbocycles. The van der Waals surface area contributed by atoms with Crippen LogP contribution in [-0.4, -0.2) is 28.0 Å². The molecule has 0 aliphatic carbocycles. The maximum atomic E-state index is 12.3. The van der Waals surface area contributed by atoms with E-state index in [1.165, 1.54) is 0 Å². The summed E-state index contributed by atoms with van der Waals surface area (Å²) in [6.45, 7) is 2.45. The Morgan fingerprint density at radius 1 is 1.41 bits per heavy atom. The number of nitrogens with one attached hydrogen (secondary N) is 1. The highest BCUT2D eigenvalue weighted by atomic mass is 16.5. The van der Waals surface area contributed by atoms with Crippen molar-refractivity contribution < 1.29 is 14.3 Å². The van der Waals surface area contributed by atoms with Crippen LogP contribution in [0.2, 0.25) is 0 Å². The molecule has 1 amide bonds. The first-order chi connectivity index (χ1) is 10.6. The second-order valence-electron chi connectivity index (χ2n) is 4.99. The fourth-order valence-corrected chi connectivity index (χ4v) is 2.54. The second-order valence-corrected chi connectivity index (χ2v) is 4.99. The van der Waals surface area contributed by atoms with Crippen molar-refractivity contribution in [3.8, 4) is 0 Å². The van der Waals surface area contributed by atoms with E-state index in [-0.39, 0.29) is 12.2 Å². The molecule has 1 aliphatic rings. The Bertz CT molecular complexity index is 825. The number of fused-ring (bicyclic) bond motifs is 2. The average Bonchev–Trinajstić information content (AvgIpc) is 2.96. The van der Waals surface area contributed by atoms with Gasteiger partial charge in [-0.25, -0.2) is 9.78 Å². The van der Waals surface area contributed by atoms with Crippen molar-refractivity contribution in [3.63, 3.8) is 0 Å². The zero-order valence-corrected chi connectivity index (χ0v) is 12.1. The molecule has 0 unspecified atom stereocenters. The predicted octanol–water partition coefficient (Wildman–Crippen LogP) is 0.844. The SMILES string of the molecule is CCOC(=O)C(=O)Nc1ccc2c(=O)n3c(nc2c1)CCC3. The Hall–Kier alpha value is -2.70. The molecular formula is C15H15N3O4. The number of hydrogen-bond acceptors (Lipinski definition) is 5. The minimum atomic E-state index is -0.940. The minimum absolute atomic E-state index is 0.0687. The number of carbonyl (C=O) groups excluding carboxylic acids is 2. The van der Waals surface area contributed by atoms with Gasteiger partial charge in [0.25, 0.3) is 5.56 Å². The van der Waals surface area contributed by atoms with E-state index in [9.17, 15) is 14.4 Å². The molecule has 0 radical (unpaired) electrons. The van der Waals surface area contributed by atoms with Crippen LogP contribution in [0.1, 0.15) is 19.2 Å². The molecule has 2 heterocycles. The number of rotatable bonds is 2. The van der Waals surface area contributed by atoms with E-state index in [0.717, 1.165) is 18.7 Å². The summed E-state index contributed by atoms with van der Waals surface area (Å²) >= 11 is 0. The van der Waals surface area contributed by atoms with Crippen LogP contribution >= 0.6 is 0 Å². The third-order valence-corrected chi connectivity index (χ3v) is 3.54. The van der Waals surface area contributed by atoms with E-state index in [0.29, 0.717) is 23.1 Å². The third-order valence-electron chi connectivity index (χ3n) is 3.54. The maximum absolute atomic E-state index is 12.3. The van der Waals surface area contributed by atoms with Crippen LogP contribution in [0, 0.1) is 0 Å². The van der Waals surface area contributed by atoms with E-state index >= 15 is 0 Å². The van der Waals surface area contributed by atoms with Crippen LogP contribution in [0.15, 0.2) is 23.0 Å². The van der Waals surface area contributed by atoms with Gasteiger partial charge in [0.1, 0.15) is 5.82 Å². The van der Waals surface area contributed by atoms with Crippen molar-refractivity contribution in [3.05, 3.63) is 34.4 Å². The van der Waals surface area contributed by atoms with Crippen molar-refractivity contribution in [1.29, 1.82) is 0 Å². The lowest BCUT2D eigenvalue weighted by Crippen LogP contribution is -2.25. The van der Waals surface area contributed by atoms with Crippen LogP contribution in [0.25, 0.3) is 10.9 Å². The van der Waals surface area contributed by atoms with Crippen molar-refractivity contribution in [2.75, 3.05) is 11.9 Å². The first-order valence-electron chi connectivity index (χ1n) is 7.11. The third kappa shape index (κ3) is 2.45. The van der Waals surface area contributed by atoms with E-state index in [4.69, 9.17) is 0 Å². The molecule has 0 saturated carbocycles. The van der Waals surface area contributed by atoms with Gasteiger partial charge in [-0.15, -0.1) is 0 Å². The largest absolute Gasteiger partial charge is 0.459 e. The molecule has 0 fully saturated rings. The van der Waals surface area contributed by atoms with Gasteiger partial charge in [0.05, 0.1) is 17.5 Å². The minimum Gasteiger partial charge on any atom is -0.459 e. The molecule has 1 aromatic heterocycles. The number of carbonyl (C=O) groups is 2. The smallest absolute Gasteiger partial charge is 0.397 e. The number of ether oxygens (including phenoxy) is 1. The molecular weight excluding hydrogens is 286 g/mol. The first-order valence-corrected chi connectivity index (χ1v) is 7.11. The Labute approximate surface area is 125 Å². The summed E-state index contributed by atoms with van der Waals surface area (Å²) in [5.74, 6) is -1.03. The number of hydrogen-bond donors (Lipinski definition) is 1. The summed E-state index contributed by atoms with van der Waals surface area (Å²) < 4.78 is 6.30. The molecule has 0 atom stereocenters. The molecule has 0 spiro atoms. The summed E-state index contributed by atoms with van der Waals surface area (Å²) in [5, 5.41) is 2.94. The molecule has 1 aliphatic heterocycles. The monoisotopic (exact) mass is 301 g/mol. The van der Waals surface area contributed by atoms with E-state index in [1.807, 2.05) is 0 Å². The van der Waals surface area contributed by atoms with Crippen molar-refractivity contribution in [1.82, 2.24) is 9.55 Å². The number of anilines is 1. The average molecular weight is 301 g/mol. The number of nitrogens with zero attached hydrogens (tertiary/aromatic N) is 2. The normalized spacial score (nSPS) is 13.0. The Morgan fingerprint density at radius 2 is 2.23 bits per heavy atom. The van der Waals surface area contributed by atoms with Crippen LogP contribution in [0.3, 0.4) is 0 Å². The maximum Gasteiger partial charge on any atom is 0.397 e. The first kappa shape index (κ1) is 14.2. The summed E-state index contributed by atoms with van der Waals surface area (Å²) in [4.78, 5) is 39.7. The second kappa shape index (κ2) is 5.59. The Morgan fingerprint density at radius 3 is 3.00 bits per heavy atom. The van der Waals surface area contributed by atoms with E-state index in [1.54, 1.807) is 29.7 Å². The highest BCUT2D eigenvalue weighted by Gasteiger charge is 2.18. The number of aryl methyl sites for hydroxylation is 1. The fraction of sp³-hybridized carbons (Fsp3) is 0.333. The van der Waals surface area contributed by atoms with Crippen LogP contribution in [0.5, 0.6) is 0 Å². The van der Waals surface area contributed by atoms with Crippen molar-refractivity contribution in [2.24, 2.45) is 0 Å². The van der Waals surface area contributed by atoms with Gasteiger partial charge in [-0.2, -0.15) is 0 Å². The number of amides is 1. The van der Waals surface area contributed by atoms with Gasteiger partial charge >= 0.3 is 11.9 Å². The van der Waals surface area contributed by atoms with Gasteiger partial charge in [-0.05, 0) is 31.5 Å². The van der Waals surface area contributed by atoms with Gasteiger partial charge in [-0.3, -0.25) is 14.2 Å². The lowest BCUT2D eigenvalue weighted by molar-refractivity contribution is -0.152. The highest BCUT2D eigenvalue weighted by molar-refractivity contribution is 6.37. The van der Waals surface area contributed by atoms with Crippen LogP contribution in [0.4, 0.5) is 5.69 Å². The highest BCUT2D eigenvalue weighted by Crippen LogP contribution is 2.18. The zero-order chi connectivity index (χ0) is 15.7. The van der Waals surface area contributed by atoms with E-state index < -0.39 is 11.9 Å². The quantitative estimate of drug-likeness (QED) is 0.656. The number of aromatic nitrogens is 2. The van der Waals surface area contributed by atoms with Gasteiger partial charge in [-0.1, -0.05) is 0 Å². The van der Waals surface area contributed by atoms with Crippen LogP contribution < -0.4 is 10.9 Å². The molecule has 22 heavy (non-hydrogen) atoms. The molecule has 7 nitrogen and oxygen atoms in total. The van der Waals surface area contributed by atoms with E-state index in [2.05, 4.69) is 15.0 Å². The van der Waals surface area contributed by atoms with Gasteiger partial charge in [0.2, 0.25) is 0 Å². The molecule has 0 bridgehead atoms. The number of benzene rings is 1. The Kier molecular flexibility index (Phi) is 3.62. The van der Waals surface area contributed by atoms with Gasteiger partial charge < -0.3 is 10.1 Å². The molecule has 3 rings (SSSR count). The molecule has 2 aromatic rings. The summed E-state index contributed by atoms with van der Waals surface area (Å²) in [7, 11) is 0.